The van der Waals surface area contributed by atoms with E-state index in [9.17, 15) is 4.39 Å². The molecule has 1 aromatic rings. The minimum absolute atomic E-state index is 0.191. The van der Waals surface area contributed by atoms with Gasteiger partial charge in [-0.2, -0.15) is 0 Å². The molecule has 0 aliphatic rings. The monoisotopic (exact) mass is 199 g/mol. The van der Waals surface area contributed by atoms with Crippen LogP contribution in [0.3, 0.4) is 0 Å². The van der Waals surface area contributed by atoms with Crippen LogP contribution in [0.2, 0.25) is 0 Å². The number of hydrogen-bond acceptors (Lipinski definition) is 2. The standard InChI is InChI=1S/C10H14FNS/c1-2-6-13-10-5-3-4-9(11)8(10)7-12/h3-5H,2,6-7,12H2,1H3. The minimum Gasteiger partial charge on any atom is -0.326 e. The van der Waals surface area contributed by atoms with Crippen LogP contribution in [0.5, 0.6) is 0 Å². The molecule has 0 fully saturated rings. The first-order valence-corrected chi connectivity index (χ1v) is 5.38. The van der Waals surface area contributed by atoms with Gasteiger partial charge >= 0.3 is 0 Å². The summed E-state index contributed by atoms with van der Waals surface area (Å²) in [4.78, 5) is 0.976. The fourth-order valence-electron chi connectivity index (χ4n) is 1.08. The third kappa shape index (κ3) is 2.71. The van der Waals surface area contributed by atoms with Crippen LogP contribution in [-0.2, 0) is 6.54 Å². The lowest BCUT2D eigenvalue weighted by Crippen LogP contribution is -2.01. The highest BCUT2D eigenvalue weighted by atomic mass is 32.2. The number of hydrogen-bond donors (Lipinski definition) is 1. The first-order chi connectivity index (χ1) is 6.29. The number of benzene rings is 1. The first-order valence-electron chi connectivity index (χ1n) is 4.39. The van der Waals surface area contributed by atoms with Gasteiger partial charge in [0.05, 0.1) is 0 Å². The molecular weight excluding hydrogens is 185 g/mol. The second kappa shape index (κ2) is 5.25. The highest BCUT2D eigenvalue weighted by molar-refractivity contribution is 7.99. The molecule has 0 aliphatic heterocycles. The van der Waals surface area contributed by atoms with E-state index in [4.69, 9.17) is 5.73 Å². The molecule has 2 N–H and O–H groups in total. The Kier molecular flexibility index (Phi) is 4.25. The number of halogens is 1. The quantitative estimate of drug-likeness (QED) is 0.755. The Hall–Kier alpha value is -0.540. The molecule has 0 saturated carbocycles. The molecule has 72 valence electrons. The molecule has 0 radical (unpaired) electrons. The van der Waals surface area contributed by atoms with Gasteiger partial charge in [0.1, 0.15) is 5.82 Å². The van der Waals surface area contributed by atoms with Gasteiger partial charge in [-0.1, -0.05) is 13.0 Å². The largest absolute Gasteiger partial charge is 0.326 e. The molecule has 0 aliphatic carbocycles. The second-order valence-electron chi connectivity index (χ2n) is 2.77. The normalized spacial score (nSPS) is 10.4. The summed E-state index contributed by atoms with van der Waals surface area (Å²) in [5.74, 6) is 0.819. The van der Waals surface area contributed by atoms with E-state index < -0.39 is 0 Å². The lowest BCUT2D eigenvalue weighted by Gasteiger charge is -2.06. The first kappa shape index (κ1) is 10.5. The van der Waals surface area contributed by atoms with E-state index in [0.29, 0.717) is 5.56 Å². The van der Waals surface area contributed by atoms with Crippen LogP contribution in [0, 0.1) is 5.82 Å². The third-order valence-electron chi connectivity index (χ3n) is 1.74. The van der Waals surface area contributed by atoms with Gasteiger partial charge in [0.25, 0.3) is 0 Å². The van der Waals surface area contributed by atoms with Crippen molar-refractivity contribution in [2.24, 2.45) is 5.73 Å². The van der Waals surface area contributed by atoms with Crippen molar-refractivity contribution in [1.29, 1.82) is 0 Å². The predicted molar refractivity (Wildman–Crippen MR) is 55.3 cm³/mol. The number of rotatable bonds is 4. The molecule has 1 rings (SSSR count). The molecule has 3 heteroatoms. The Labute approximate surface area is 82.5 Å². The summed E-state index contributed by atoms with van der Waals surface area (Å²) >= 11 is 1.67. The molecular formula is C10H14FNS. The predicted octanol–water partition coefficient (Wildman–Crippen LogP) is 2.79. The SMILES string of the molecule is CCCSc1cccc(F)c1CN. The van der Waals surface area contributed by atoms with E-state index in [0.717, 1.165) is 17.1 Å². The summed E-state index contributed by atoms with van der Waals surface area (Å²) in [5.41, 5.74) is 6.11. The van der Waals surface area contributed by atoms with E-state index >= 15 is 0 Å². The van der Waals surface area contributed by atoms with E-state index in [-0.39, 0.29) is 12.4 Å². The molecule has 0 atom stereocenters. The number of thioether (sulfide) groups is 1. The summed E-state index contributed by atoms with van der Waals surface area (Å²) in [6, 6.07) is 5.11. The van der Waals surface area contributed by atoms with E-state index in [1.54, 1.807) is 17.8 Å². The van der Waals surface area contributed by atoms with Gasteiger partial charge in [-0.05, 0) is 24.3 Å². The van der Waals surface area contributed by atoms with E-state index in [1.165, 1.54) is 6.07 Å². The summed E-state index contributed by atoms with van der Waals surface area (Å²) < 4.78 is 13.2. The zero-order valence-electron chi connectivity index (χ0n) is 7.72. The fourth-order valence-corrected chi connectivity index (χ4v) is 2.04. The van der Waals surface area contributed by atoms with Crippen LogP contribution >= 0.6 is 11.8 Å². The van der Waals surface area contributed by atoms with Gasteiger partial charge < -0.3 is 5.73 Å². The van der Waals surface area contributed by atoms with Crippen molar-refractivity contribution in [2.45, 2.75) is 24.8 Å². The highest BCUT2D eigenvalue weighted by Crippen LogP contribution is 2.24. The van der Waals surface area contributed by atoms with Crippen LogP contribution in [-0.4, -0.2) is 5.75 Å². The van der Waals surface area contributed by atoms with E-state index in [2.05, 4.69) is 6.92 Å². The van der Waals surface area contributed by atoms with Crippen molar-refractivity contribution in [3.05, 3.63) is 29.6 Å². The summed E-state index contributed by atoms with van der Waals surface area (Å²) in [7, 11) is 0. The summed E-state index contributed by atoms with van der Waals surface area (Å²) in [5, 5.41) is 0. The molecule has 0 aromatic heterocycles. The van der Waals surface area contributed by atoms with Gasteiger partial charge in [0.15, 0.2) is 0 Å². The van der Waals surface area contributed by atoms with Gasteiger partial charge in [0, 0.05) is 17.0 Å². The van der Waals surface area contributed by atoms with Crippen molar-refractivity contribution < 1.29 is 4.39 Å². The average Bonchev–Trinajstić information content (AvgIpc) is 2.15. The molecule has 0 saturated heterocycles. The zero-order chi connectivity index (χ0) is 9.68. The van der Waals surface area contributed by atoms with Crippen LogP contribution in [0.1, 0.15) is 18.9 Å². The summed E-state index contributed by atoms with van der Waals surface area (Å²) in [6.07, 6.45) is 1.09. The Morgan fingerprint density at radius 2 is 2.23 bits per heavy atom. The smallest absolute Gasteiger partial charge is 0.128 e. The number of nitrogens with two attached hydrogens (primary N) is 1. The fraction of sp³-hybridized carbons (Fsp3) is 0.400. The van der Waals surface area contributed by atoms with E-state index in [1.807, 2.05) is 6.07 Å². The molecule has 0 unspecified atom stereocenters. The minimum atomic E-state index is -0.191. The second-order valence-corrected chi connectivity index (χ2v) is 3.91. The van der Waals surface area contributed by atoms with Crippen LogP contribution < -0.4 is 5.73 Å². The third-order valence-corrected chi connectivity index (χ3v) is 3.05. The molecule has 0 bridgehead atoms. The topological polar surface area (TPSA) is 26.0 Å². The molecule has 1 nitrogen and oxygen atoms in total. The lowest BCUT2D eigenvalue weighted by atomic mass is 10.2. The molecule has 13 heavy (non-hydrogen) atoms. The Bertz CT molecular complexity index is 276. The van der Waals surface area contributed by atoms with Crippen molar-refractivity contribution in [1.82, 2.24) is 0 Å². The van der Waals surface area contributed by atoms with Crippen molar-refractivity contribution in [3.63, 3.8) is 0 Å². The van der Waals surface area contributed by atoms with Gasteiger partial charge in [-0.15, -0.1) is 11.8 Å². The molecule has 0 heterocycles. The Morgan fingerprint density at radius 1 is 1.46 bits per heavy atom. The molecule has 1 aromatic carbocycles. The maximum Gasteiger partial charge on any atom is 0.128 e. The highest BCUT2D eigenvalue weighted by Gasteiger charge is 2.05. The van der Waals surface area contributed by atoms with Crippen molar-refractivity contribution in [3.8, 4) is 0 Å². The maximum atomic E-state index is 13.2. The van der Waals surface area contributed by atoms with Crippen molar-refractivity contribution in [2.75, 3.05) is 5.75 Å². The Balaban J connectivity index is 2.85. The lowest BCUT2D eigenvalue weighted by molar-refractivity contribution is 0.604. The van der Waals surface area contributed by atoms with Gasteiger partial charge in [-0.25, -0.2) is 4.39 Å². The Morgan fingerprint density at radius 3 is 2.85 bits per heavy atom. The van der Waals surface area contributed by atoms with Crippen molar-refractivity contribution >= 4 is 11.8 Å². The van der Waals surface area contributed by atoms with Crippen LogP contribution in [0.4, 0.5) is 4.39 Å². The zero-order valence-corrected chi connectivity index (χ0v) is 8.53. The van der Waals surface area contributed by atoms with Crippen LogP contribution in [0.15, 0.2) is 23.1 Å². The van der Waals surface area contributed by atoms with Gasteiger partial charge in [0.2, 0.25) is 0 Å². The summed E-state index contributed by atoms with van der Waals surface area (Å²) in [6.45, 7) is 2.38. The molecule has 0 spiro atoms. The maximum absolute atomic E-state index is 13.2. The molecule has 0 amide bonds. The van der Waals surface area contributed by atoms with Gasteiger partial charge in [-0.3, -0.25) is 0 Å². The average molecular weight is 199 g/mol. The van der Waals surface area contributed by atoms with Crippen LogP contribution in [0.25, 0.3) is 0 Å².